The van der Waals surface area contributed by atoms with Crippen molar-refractivity contribution in [1.82, 2.24) is 0 Å². The summed E-state index contributed by atoms with van der Waals surface area (Å²) in [6.07, 6.45) is 2.90. The second kappa shape index (κ2) is 6.68. The summed E-state index contributed by atoms with van der Waals surface area (Å²) in [5.41, 5.74) is -0.821. The Morgan fingerprint density at radius 3 is 2.39 bits per heavy atom. The SMILES string of the molecule is O=C([O-])CC1(CC(=O)Nc2ccc([O-])c(C(=O)O)c2)CCCC1. The van der Waals surface area contributed by atoms with Crippen molar-refractivity contribution < 1.29 is 29.7 Å². The van der Waals surface area contributed by atoms with Crippen molar-refractivity contribution in [2.45, 2.75) is 38.5 Å². The van der Waals surface area contributed by atoms with Crippen LogP contribution in [0.25, 0.3) is 0 Å². The first-order valence-electron chi connectivity index (χ1n) is 7.35. The summed E-state index contributed by atoms with van der Waals surface area (Å²) in [5, 5.41) is 33.7. The molecule has 0 saturated heterocycles. The number of aliphatic carboxylic acids is 1. The summed E-state index contributed by atoms with van der Waals surface area (Å²) in [5.74, 6) is -3.58. The van der Waals surface area contributed by atoms with Gasteiger partial charge in [-0.05, 0) is 36.8 Å². The number of hydrogen-bond acceptors (Lipinski definition) is 5. The molecule has 23 heavy (non-hydrogen) atoms. The summed E-state index contributed by atoms with van der Waals surface area (Å²) >= 11 is 0. The molecule has 124 valence electrons. The highest BCUT2D eigenvalue weighted by atomic mass is 16.4. The van der Waals surface area contributed by atoms with Gasteiger partial charge < -0.3 is 25.4 Å². The molecule has 0 radical (unpaired) electrons. The van der Waals surface area contributed by atoms with Gasteiger partial charge in [-0.3, -0.25) is 4.79 Å². The third-order valence-electron chi connectivity index (χ3n) is 4.21. The molecular formula is C16H17NO6-2. The van der Waals surface area contributed by atoms with E-state index < -0.39 is 34.6 Å². The van der Waals surface area contributed by atoms with Crippen molar-refractivity contribution in [3.8, 4) is 5.75 Å². The standard InChI is InChI=1S/C16H19NO6/c18-12-4-3-10(7-11(12)15(22)23)17-13(19)8-16(9-14(20)21)5-1-2-6-16/h3-4,7,18H,1-2,5-6,8-9H2,(H,17,19)(H,20,21)(H,22,23)/p-2. The molecular weight excluding hydrogens is 302 g/mol. The Hall–Kier alpha value is -2.57. The van der Waals surface area contributed by atoms with Crippen LogP contribution in [0.1, 0.15) is 48.9 Å². The highest BCUT2D eigenvalue weighted by molar-refractivity contribution is 5.95. The fourth-order valence-electron chi connectivity index (χ4n) is 3.17. The van der Waals surface area contributed by atoms with Gasteiger partial charge in [-0.2, -0.15) is 0 Å². The maximum atomic E-state index is 12.2. The van der Waals surface area contributed by atoms with Gasteiger partial charge in [0.25, 0.3) is 0 Å². The molecule has 1 saturated carbocycles. The molecule has 2 rings (SSSR count). The lowest BCUT2D eigenvalue weighted by atomic mass is 9.79. The van der Waals surface area contributed by atoms with Crippen LogP contribution in [-0.2, 0) is 9.59 Å². The quantitative estimate of drug-likeness (QED) is 0.784. The fourth-order valence-corrected chi connectivity index (χ4v) is 3.17. The van der Waals surface area contributed by atoms with E-state index in [1.54, 1.807) is 0 Å². The second-order valence-corrected chi connectivity index (χ2v) is 6.00. The molecule has 1 aliphatic rings. The molecule has 0 spiro atoms. The maximum absolute atomic E-state index is 12.2. The largest absolute Gasteiger partial charge is 0.872 e. The van der Waals surface area contributed by atoms with E-state index >= 15 is 0 Å². The molecule has 1 aliphatic carbocycles. The highest BCUT2D eigenvalue weighted by Crippen LogP contribution is 2.44. The lowest BCUT2D eigenvalue weighted by molar-refractivity contribution is -0.308. The van der Waals surface area contributed by atoms with Gasteiger partial charge in [-0.1, -0.05) is 24.7 Å². The second-order valence-electron chi connectivity index (χ2n) is 6.00. The molecule has 2 N–H and O–H groups in total. The zero-order valence-corrected chi connectivity index (χ0v) is 12.5. The smallest absolute Gasteiger partial charge is 0.335 e. The van der Waals surface area contributed by atoms with Gasteiger partial charge in [0.2, 0.25) is 5.91 Å². The Morgan fingerprint density at radius 2 is 1.83 bits per heavy atom. The number of carbonyl (C=O) groups is 3. The highest BCUT2D eigenvalue weighted by Gasteiger charge is 2.36. The zero-order valence-electron chi connectivity index (χ0n) is 12.5. The molecule has 1 aromatic rings. The van der Waals surface area contributed by atoms with Crippen LogP contribution >= 0.6 is 0 Å². The normalized spacial score (nSPS) is 16.0. The van der Waals surface area contributed by atoms with E-state index in [4.69, 9.17) is 5.11 Å². The first-order valence-corrected chi connectivity index (χ1v) is 7.35. The average Bonchev–Trinajstić information content (AvgIpc) is 2.87. The van der Waals surface area contributed by atoms with Crippen molar-refractivity contribution in [1.29, 1.82) is 0 Å². The van der Waals surface area contributed by atoms with Gasteiger partial charge in [0.05, 0.1) is 5.56 Å². The number of aromatic carboxylic acids is 1. The monoisotopic (exact) mass is 319 g/mol. The van der Waals surface area contributed by atoms with Crippen LogP contribution < -0.4 is 15.5 Å². The zero-order chi connectivity index (χ0) is 17.0. The number of nitrogens with one attached hydrogen (secondary N) is 1. The van der Waals surface area contributed by atoms with Gasteiger partial charge >= 0.3 is 5.97 Å². The van der Waals surface area contributed by atoms with E-state index in [2.05, 4.69) is 5.32 Å². The molecule has 7 heteroatoms. The van der Waals surface area contributed by atoms with Crippen LogP contribution in [0.3, 0.4) is 0 Å². The molecule has 1 amide bonds. The summed E-state index contributed by atoms with van der Waals surface area (Å²) in [4.78, 5) is 34.0. The molecule has 0 bridgehead atoms. The Morgan fingerprint density at radius 1 is 1.17 bits per heavy atom. The Labute approximate surface area is 132 Å². The van der Waals surface area contributed by atoms with E-state index in [-0.39, 0.29) is 18.5 Å². The van der Waals surface area contributed by atoms with Crippen molar-refractivity contribution >= 4 is 23.5 Å². The minimum Gasteiger partial charge on any atom is -0.872 e. The van der Waals surface area contributed by atoms with Gasteiger partial charge in [-0.25, -0.2) is 4.79 Å². The third kappa shape index (κ3) is 4.21. The predicted octanol–water partition coefficient (Wildman–Crippen LogP) is 0.487. The Kier molecular flexibility index (Phi) is 4.88. The number of carboxylic acids is 2. The maximum Gasteiger partial charge on any atom is 0.335 e. The number of anilines is 1. The topological polar surface area (TPSA) is 130 Å². The van der Waals surface area contributed by atoms with Crippen LogP contribution in [-0.4, -0.2) is 23.0 Å². The van der Waals surface area contributed by atoms with Crippen LogP contribution in [0, 0.1) is 5.41 Å². The Bertz CT molecular complexity index is 633. The van der Waals surface area contributed by atoms with E-state index in [0.717, 1.165) is 25.0 Å². The van der Waals surface area contributed by atoms with Crippen LogP contribution in [0.4, 0.5) is 5.69 Å². The van der Waals surface area contributed by atoms with E-state index in [9.17, 15) is 24.6 Å². The van der Waals surface area contributed by atoms with Crippen molar-refractivity contribution in [2.24, 2.45) is 5.41 Å². The molecule has 1 aromatic carbocycles. The fraction of sp³-hybridized carbons (Fsp3) is 0.438. The molecule has 0 aromatic heterocycles. The first kappa shape index (κ1) is 16.8. The van der Waals surface area contributed by atoms with Crippen molar-refractivity contribution in [3.05, 3.63) is 23.8 Å². The summed E-state index contributed by atoms with van der Waals surface area (Å²) in [6.45, 7) is 0. The van der Waals surface area contributed by atoms with Crippen LogP contribution in [0.5, 0.6) is 5.75 Å². The van der Waals surface area contributed by atoms with Gasteiger partial charge in [0.1, 0.15) is 0 Å². The predicted molar refractivity (Wildman–Crippen MR) is 76.6 cm³/mol. The summed E-state index contributed by atoms with van der Waals surface area (Å²) in [6, 6.07) is 3.50. The minimum atomic E-state index is -1.37. The minimum absolute atomic E-state index is 0.0303. The lowest BCUT2D eigenvalue weighted by Crippen LogP contribution is -2.33. The molecule has 7 nitrogen and oxygen atoms in total. The number of hydrogen-bond donors (Lipinski definition) is 2. The van der Waals surface area contributed by atoms with Crippen molar-refractivity contribution in [2.75, 3.05) is 5.32 Å². The number of amides is 1. The summed E-state index contributed by atoms with van der Waals surface area (Å²) < 4.78 is 0. The number of carboxylic acid groups (broad SMARTS) is 2. The lowest BCUT2D eigenvalue weighted by Gasteiger charge is -2.28. The van der Waals surface area contributed by atoms with E-state index in [1.165, 1.54) is 6.07 Å². The van der Waals surface area contributed by atoms with Crippen molar-refractivity contribution in [3.63, 3.8) is 0 Å². The number of benzene rings is 1. The summed E-state index contributed by atoms with van der Waals surface area (Å²) in [7, 11) is 0. The first-order chi connectivity index (χ1) is 10.8. The molecule has 0 aliphatic heterocycles. The molecule has 1 fully saturated rings. The molecule has 0 heterocycles. The van der Waals surface area contributed by atoms with Crippen LogP contribution in [0.15, 0.2) is 18.2 Å². The number of carbonyl (C=O) groups excluding carboxylic acids is 2. The Balaban J connectivity index is 2.08. The average molecular weight is 319 g/mol. The molecule has 0 atom stereocenters. The van der Waals surface area contributed by atoms with Gasteiger partial charge in [0.15, 0.2) is 0 Å². The van der Waals surface area contributed by atoms with Gasteiger partial charge in [0, 0.05) is 18.1 Å². The van der Waals surface area contributed by atoms with E-state index in [0.29, 0.717) is 12.8 Å². The number of rotatable bonds is 6. The van der Waals surface area contributed by atoms with Gasteiger partial charge in [-0.15, -0.1) is 0 Å². The molecule has 0 unspecified atom stereocenters. The third-order valence-corrected chi connectivity index (χ3v) is 4.21. The van der Waals surface area contributed by atoms with E-state index in [1.807, 2.05) is 0 Å². The van der Waals surface area contributed by atoms with Crippen LogP contribution in [0.2, 0.25) is 0 Å².